The molecule has 2 saturated heterocycles. The standard InChI is InChI=1S/C20H31BN2O3/c1-15(24)22(6)17-10-12-23(13-11-17)18-9-7-8-16(14-18)21-25-19(2,3)20(4,5)26-21/h7-9,14,17H,10-13H2,1-6H3/i6D3. The van der Waals surface area contributed by atoms with Crippen molar-refractivity contribution in [3.63, 3.8) is 0 Å². The van der Waals surface area contributed by atoms with E-state index in [1.807, 2.05) is 45.9 Å². The number of rotatable bonds is 3. The van der Waals surface area contributed by atoms with E-state index in [1.54, 1.807) is 0 Å². The second-order valence-electron chi connectivity index (χ2n) is 8.29. The first-order chi connectivity index (χ1) is 13.3. The van der Waals surface area contributed by atoms with Gasteiger partial charge in [0.25, 0.3) is 0 Å². The second-order valence-corrected chi connectivity index (χ2v) is 8.29. The van der Waals surface area contributed by atoms with Crippen LogP contribution in [0, 0.1) is 0 Å². The topological polar surface area (TPSA) is 42.0 Å². The Morgan fingerprint density at radius 3 is 2.38 bits per heavy atom. The average molecular weight is 361 g/mol. The van der Waals surface area contributed by atoms with Crippen LogP contribution in [0.2, 0.25) is 0 Å². The maximum Gasteiger partial charge on any atom is 0.494 e. The fourth-order valence-corrected chi connectivity index (χ4v) is 3.49. The van der Waals surface area contributed by atoms with Gasteiger partial charge < -0.3 is 19.1 Å². The van der Waals surface area contributed by atoms with Gasteiger partial charge in [0.15, 0.2) is 0 Å². The molecule has 2 fully saturated rings. The van der Waals surface area contributed by atoms with E-state index in [4.69, 9.17) is 13.4 Å². The molecule has 0 unspecified atom stereocenters. The van der Waals surface area contributed by atoms with Gasteiger partial charge in [0, 0.05) is 42.8 Å². The Morgan fingerprint density at radius 1 is 1.23 bits per heavy atom. The first-order valence-electron chi connectivity index (χ1n) is 10.8. The molecule has 0 bridgehead atoms. The predicted molar refractivity (Wildman–Crippen MR) is 106 cm³/mol. The van der Waals surface area contributed by atoms with Gasteiger partial charge in [0.05, 0.1) is 11.2 Å². The molecule has 142 valence electrons. The molecule has 2 heterocycles. The van der Waals surface area contributed by atoms with Gasteiger partial charge in [0.1, 0.15) is 0 Å². The minimum Gasteiger partial charge on any atom is -0.399 e. The number of amides is 1. The van der Waals surface area contributed by atoms with Crippen LogP contribution in [0.3, 0.4) is 0 Å². The molecule has 0 aliphatic carbocycles. The fraction of sp³-hybridized carbons (Fsp3) is 0.650. The molecule has 2 aliphatic heterocycles. The van der Waals surface area contributed by atoms with Crippen LogP contribution in [0.5, 0.6) is 0 Å². The van der Waals surface area contributed by atoms with E-state index in [2.05, 4.69) is 11.0 Å². The van der Waals surface area contributed by atoms with Gasteiger partial charge in [-0.25, -0.2) is 0 Å². The van der Waals surface area contributed by atoms with Crippen molar-refractivity contribution in [2.45, 2.75) is 64.7 Å². The molecule has 0 N–H and O–H groups in total. The van der Waals surface area contributed by atoms with Crippen molar-refractivity contribution in [1.82, 2.24) is 4.90 Å². The molecule has 26 heavy (non-hydrogen) atoms. The summed E-state index contributed by atoms with van der Waals surface area (Å²) in [7, 11) is -0.416. The highest BCUT2D eigenvalue weighted by Gasteiger charge is 2.51. The van der Waals surface area contributed by atoms with E-state index in [0.29, 0.717) is 25.9 Å². The third-order valence-corrected chi connectivity index (χ3v) is 5.93. The van der Waals surface area contributed by atoms with Crippen molar-refractivity contribution in [2.24, 2.45) is 0 Å². The van der Waals surface area contributed by atoms with Gasteiger partial charge in [-0.2, -0.15) is 0 Å². The summed E-state index contributed by atoms with van der Waals surface area (Å²) in [4.78, 5) is 15.1. The Kier molecular flexibility index (Phi) is 4.12. The Labute approximate surface area is 162 Å². The van der Waals surface area contributed by atoms with Gasteiger partial charge in [0.2, 0.25) is 5.91 Å². The van der Waals surface area contributed by atoms with Crippen LogP contribution in [0.25, 0.3) is 0 Å². The highest BCUT2D eigenvalue weighted by Crippen LogP contribution is 2.36. The van der Waals surface area contributed by atoms with Crippen molar-refractivity contribution in [1.29, 1.82) is 0 Å². The van der Waals surface area contributed by atoms with Crippen molar-refractivity contribution in [2.75, 3.05) is 25.0 Å². The summed E-state index contributed by atoms with van der Waals surface area (Å²) >= 11 is 0. The SMILES string of the molecule is [2H]C([2H])([2H])N(C(C)=O)C1CCN(c2cccc(B3OC(C)(C)C(C)(C)O3)c2)CC1. The average Bonchev–Trinajstić information content (AvgIpc) is 2.82. The smallest absolute Gasteiger partial charge is 0.399 e. The van der Waals surface area contributed by atoms with Gasteiger partial charge in [-0.1, -0.05) is 12.1 Å². The number of hydrogen-bond acceptors (Lipinski definition) is 4. The van der Waals surface area contributed by atoms with Crippen LogP contribution in [-0.2, 0) is 14.1 Å². The maximum absolute atomic E-state index is 11.9. The van der Waals surface area contributed by atoms with Crippen LogP contribution in [0.15, 0.2) is 24.3 Å². The third-order valence-electron chi connectivity index (χ3n) is 5.93. The van der Waals surface area contributed by atoms with Gasteiger partial charge in [-0.05, 0) is 58.1 Å². The number of anilines is 1. The van der Waals surface area contributed by atoms with Gasteiger partial charge in [-0.15, -0.1) is 0 Å². The maximum atomic E-state index is 11.9. The lowest BCUT2D eigenvalue weighted by Gasteiger charge is -2.37. The summed E-state index contributed by atoms with van der Waals surface area (Å²) in [5, 5.41) is 0. The van der Waals surface area contributed by atoms with Crippen LogP contribution in [0.4, 0.5) is 5.69 Å². The Morgan fingerprint density at radius 2 is 1.85 bits per heavy atom. The summed E-state index contributed by atoms with van der Waals surface area (Å²) in [6.45, 7) is 8.46. The minimum absolute atomic E-state index is 0.262. The predicted octanol–water partition coefficient (Wildman–Crippen LogP) is 2.43. The lowest BCUT2D eigenvalue weighted by molar-refractivity contribution is -0.129. The van der Waals surface area contributed by atoms with E-state index in [-0.39, 0.29) is 6.04 Å². The highest BCUT2D eigenvalue weighted by atomic mass is 16.7. The lowest BCUT2D eigenvalue weighted by atomic mass is 9.79. The molecular weight excluding hydrogens is 327 g/mol. The Bertz CT molecular complexity index is 746. The molecule has 1 aromatic carbocycles. The number of carbonyl (C=O) groups is 1. The number of piperidine rings is 1. The minimum atomic E-state index is -2.39. The van der Waals surface area contributed by atoms with Gasteiger partial charge in [-0.3, -0.25) is 4.79 Å². The first-order valence-corrected chi connectivity index (χ1v) is 9.32. The molecule has 6 heteroatoms. The van der Waals surface area contributed by atoms with E-state index >= 15 is 0 Å². The molecular formula is C20H31BN2O3. The van der Waals surface area contributed by atoms with E-state index in [9.17, 15) is 4.79 Å². The van der Waals surface area contributed by atoms with Gasteiger partial charge >= 0.3 is 7.12 Å². The van der Waals surface area contributed by atoms with Crippen molar-refractivity contribution in [3.05, 3.63) is 24.3 Å². The largest absolute Gasteiger partial charge is 0.494 e. The van der Waals surface area contributed by atoms with Crippen LogP contribution in [0.1, 0.15) is 51.6 Å². The molecule has 0 atom stereocenters. The zero-order chi connectivity index (χ0) is 21.6. The van der Waals surface area contributed by atoms with Crippen molar-refractivity contribution >= 4 is 24.2 Å². The molecule has 3 rings (SSSR count). The number of nitrogens with zero attached hydrogens (tertiary/aromatic N) is 2. The molecule has 0 saturated carbocycles. The molecule has 1 aromatic rings. The quantitative estimate of drug-likeness (QED) is 0.776. The molecule has 0 radical (unpaired) electrons. The Hall–Kier alpha value is -1.53. The number of hydrogen-bond donors (Lipinski definition) is 0. The summed E-state index contributed by atoms with van der Waals surface area (Å²) in [6.07, 6.45) is 1.25. The Balaban J connectivity index is 1.70. The second kappa shape index (κ2) is 6.89. The van der Waals surface area contributed by atoms with Crippen molar-refractivity contribution in [3.8, 4) is 0 Å². The molecule has 0 aromatic heterocycles. The molecule has 2 aliphatic rings. The first kappa shape index (κ1) is 15.5. The fourth-order valence-electron chi connectivity index (χ4n) is 3.49. The number of carbonyl (C=O) groups excluding carboxylic acids is 1. The number of benzene rings is 1. The zero-order valence-corrected chi connectivity index (χ0v) is 16.4. The van der Waals surface area contributed by atoms with Crippen LogP contribution >= 0.6 is 0 Å². The summed E-state index contributed by atoms with van der Waals surface area (Å²) in [6, 6.07) is 7.86. The zero-order valence-electron chi connectivity index (χ0n) is 19.4. The van der Waals surface area contributed by atoms with Crippen molar-refractivity contribution < 1.29 is 18.2 Å². The third kappa shape index (κ3) is 3.62. The lowest BCUT2D eigenvalue weighted by Crippen LogP contribution is -2.45. The molecule has 1 amide bonds. The van der Waals surface area contributed by atoms with Crippen LogP contribution in [-0.4, -0.2) is 55.2 Å². The van der Waals surface area contributed by atoms with E-state index in [1.165, 1.54) is 6.92 Å². The highest BCUT2D eigenvalue weighted by molar-refractivity contribution is 6.62. The van der Waals surface area contributed by atoms with Crippen LogP contribution < -0.4 is 10.4 Å². The monoisotopic (exact) mass is 361 g/mol. The van der Waals surface area contributed by atoms with E-state index in [0.717, 1.165) is 16.1 Å². The summed E-state index contributed by atoms with van der Waals surface area (Å²) in [5.74, 6) is -0.397. The normalized spacial score (nSPS) is 24.7. The molecule has 5 nitrogen and oxygen atoms in total. The summed E-state index contributed by atoms with van der Waals surface area (Å²) < 4.78 is 35.3. The summed E-state index contributed by atoms with van der Waals surface area (Å²) in [5.41, 5.74) is 1.24. The van der Waals surface area contributed by atoms with E-state index < -0.39 is 31.2 Å². The molecule has 0 spiro atoms.